The molecular formula is C16H13BNO2. The molecule has 3 rings (SSSR count). The fraction of sp³-hybridized carbons (Fsp3) is 0.0625. The third kappa shape index (κ3) is 2.38. The molecule has 0 aliphatic rings. The van der Waals surface area contributed by atoms with Crippen LogP contribution in [0.5, 0.6) is 5.88 Å². The molecule has 0 aliphatic carbocycles. The number of hydrogen-bond acceptors (Lipinski definition) is 3. The molecule has 97 valence electrons. The van der Waals surface area contributed by atoms with Crippen molar-refractivity contribution in [1.82, 2.24) is 4.98 Å². The highest BCUT2D eigenvalue weighted by Gasteiger charge is 2.07. The molecule has 1 aromatic heterocycles. The van der Waals surface area contributed by atoms with Gasteiger partial charge in [0.05, 0.1) is 0 Å². The first-order valence-corrected chi connectivity index (χ1v) is 6.37. The average molecular weight is 262 g/mol. The molecule has 0 atom stereocenters. The van der Waals surface area contributed by atoms with Crippen LogP contribution in [0.15, 0.2) is 54.6 Å². The zero-order chi connectivity index (χ0) is 13.9. The van der Waals surface area contributed by atoms with E-state index in [1.807, 2.05) is 37.3 Å². The summed E-state index contributed by atoms with van der Waals surface area (Å²) in [5, 5.41) is 11.1. The van der Waals surface area contributed by atoms with Gasteiger partial charge in [-0.2, -0.15) is 0 Å². The highest BCUT2D eigenvalue weighted by atomic mass is 16.5. The molecule has 1 N–H and O–H groups in total. The van der Waals surface area contributed by atoms with Gasteiger partial charge >= 0.3 is 7.69 Å². The number of hydrogen-bond donors (Lipinski definition) is 1. The topological polar surface area (TPSA) is 42.4 Å². The van der Waals surface area contributed by atoms with Crippen molar-refractivity contribution in [1.29, 1.82) is 0 Å². The zero-order valence-electron chi connectivity index (χ0n) is 11.1. The molecule has 0 amide bonds. The molecule has 1 heterocycles. The first-order chi connectivity index (χ1) is 9.78. The smallest absolute Gasteiger partial charge is 0.523 e. The van der Waals surface area contributed by atoms with Crippen molar-refractivity contribution in [2.24, 2.45) is 0 Å². The minimum Gasteiger partial charge on any atom is -0.523 e. The number of aryl methyl sites for hydroxylation is 1. The molecule has 4 heteroatoms. The molecule has 1 radical (unpaired) electrons. The Bertz CT molecular complexity index is 753. The van der Waals surface area contributed by atoms with Gasteiger partial charge in [-0.15, -0.1) is 0 Å². The van der Waals surface area contributed by atoms with Crippen LogP contribution in [0.1, 0.15) is 5.69 Å². The number of fused-ring (bicyclic) bond motifs is 1. The van der Waals surface area contributed by atoms with Crippen LogP contribution in [-0.2, 0) is 0 Å². The van der Waals surface area contributed by atoms with Crippen LogP contribution in [-0.4, -0.2) is 17.7 Å². The summed E-state index contributed by atoms with van der Waals surface area (Å²) in [6, 6.07) is 18.3. The molecule has 3 aromatic rings. The maximum absolute atomic E-state index is 8.76. The van der Waals surface area contributed by atoms with E-state index in [9.17, 15) is 0 Å². The first kappa shape index (κ1) is 12.7. The lowest BCUT2D eigenvalue weighted by atomic mass is 9.98. The maximum atomic E-state index is 8.76. The first-order valence-electron chi connectivity index (χ1n) is 6.37. The van der Waals surface area contributed by atoms with E-state index < -0.39 is 0 Å². The van der Waals surface area contributed by atoms with E-state index in [-0.39, 0.29) is 0 Å². The third-order valence-electron chi connectivity index (χ3n) is 3.20. The Hall–Kier alpha value is -2.33. The Morgan fingerprint density at radius 2 is 1.85 bits per heavy atom. The Balaban J connectivity index is 2.20. The molecule has 0 fully saturated rings. The van der Waals surface area contributed by atoms with Gasteiger partial charge in [-0.25, -0.2) is 4.98 Å². The van der Waals surface area contributed by atoms with E-state index in [0.29, 0.717) is 13.6 Å². The summed E-state index contributed by atoms with van der Waals surface area (Å²) in [4.78, 5) is 4.22. The summed E-state index contributed by atoms with van der Waals surface area (Å²) in [6.45, 7) is 1.90. The zero-order valence-corrected chi connectivity index (χ0v) is 11.1. The molecular weight excluding hydrogens is 249 g/mol. The van der Waals surface area contributed by atoms with Gasteiger partial charge in [-0.3, -0.25) is 0 Å². The SMILES string of the molecule is Cc1cc(-c2cccc3ccccc23)cc(O[B]O)n1. The molecule has 0 unspecified atom stereocenters. The van der Waals surface area contributed by atoms with Crippen molar-refractivity contribution in [2.75, 3.05) is 0 Å². The van der Waals surface area contributed by atoms with Crippen molar-refractivity contribution in [3.8, 4) is 17.0 Å². The lowest BCUT2D eigenvalue weighted by Crippen LogP contribution is -2.02. The van der Waals surface area contributed by atoms with Gasteiger partial charge in [0, 0.05) is 11.8 Å². The van der Waals surface area contributed by atoms with Crippen molar-refractivity contribution >= 4 is 18.5 Å². The quantitative estimate of drug-likeness (QED) is 0.737. The van der Waals surface area contributed by atoms with Crippen molar-refractivity contribution < 1.29 is 9.68 Å². The van der Waals surface area contributed by atoms with E-state index in [1.54, 1.807) is 0 Å². The van der Waals surface area contributed by atoms with Gasteiger partial charge in [0.15, 0.2) is 5.88 Å². The molecule has 0 spiro atoms. The van der Waals surface area contributed by atoms with Gasteiger partial charge in [0.1, 0.15) is 0 Å². The molecule has 0 aliphatic heterocycles. The fourth-order valence-corrected chi connectivity index (χ4v) is 2.39. The normalized spacial score (nSPS) is 10.5. The molecule has 0 saturated carbocycles. The summed E-state index contributed by atoms with van der Waals surface area (Å²) >= 11 is 0. The van der Waals surface area contributed by atoms with E-state index >= 15 is 0 Å². The minimum absolute atomic E-state index is 0.385. The fourth-order valence-electron chi connectivity index (χ4n) is 2.39. The Morgan fingerprint density at radius 1 is 1.05 bits per heavy atom. The summed E-state index contributed by atoms with van der Waals surface area (Å²) in [5.74, 6) is 0.385. The molecule has 0 saturated heterocycles. The van der Waals surface area contributed by atoms with Crippen LogP contribution in [0.25, 0.3) is 21.9 Å². The standard InChI is InChI=1S/C16H13BNO2/c1-11-9-13(10-16(18-11)20-17-19)15-8-4-6-12-5-2-3-7-14(12)15/h2-10,19H,1H3. The van der Waals surface area contributed by atoms with Crippen molar-refractivity contribution in [2.45, 2.75) is 6.92 Å². The van der Waals surface area contributed by atoms with E-state index in [4.69, 9.17) is 9.68 Å². The second kappa shape index (κ2) is 5.35. The van der Waals surface area contributed by atoms with Crippen LogP contribution in [0.3, 0.4) is 0 Å². The minimum atomic E-state index is 0.385. The number of pyridine rings is 1. The third-order valence-corrected chi connectivity index (χ3v) is 3.20. The van der Waals surface area contributed by atoms with Gasteiger partial charge < -0.3 is 9.68 Å². The molecule has 20 heavy (non-hydrogen) atoms. The Morgan fingerprint density at radius 3 is 2.70 bits per heavy atom. The lowest BCUT2D eigenvalue weighted by molar-refractivity contribution is 0.442. The van der Waals surface area contributed by atoms with Crippen LogP contribution in [0.2, 0.25) is 0 Å². The highest BCUT2D eigenvalue weighted by molar-refractivity contribution is 6.17. The highest BCUT2D eigenvalue weighted by Crippen LogP contribution is 2.30. The summed E-state index contributed by atoms with van der Waals surface area (Å²) in [7, 11) is 0.647. The summed E-state index contributed by atoms with van der Waals surface area (Å²) < 4.78 is 4.98. The van der Waals surface area contributed by atoms with Crippen molar-refractivity contribution in [3.63, 3.8) is 0 Å². The van der Waals surface area contributed by atoms with Crippen LogP contribution >= 0.6 is 0 Å². The monoisotopic (exact) mass is 262 g/mol. The van der Waals surface area contributed by atoms with E-state index in [1.165, 1.54) is 10.8 Å². The second-order valence-corrected chi connectivity index (χ2v) is 4.59. The van der Waals surface area contributed by atoms with Crippen LogP contribution in [0.4, 0.5) is 0 Å². The predicted molar refractivity (Wildman–Crippen MR) is 80.5 cm³/mol. The van der Waals surface area contributed by atoms with Gasteiger partial charge in [0.25, 0.3) is 0 Å². The van der Waals surface area contributed by atoms with Gasteiger partial charge in [0.2, 0.25) is 0 Å². The second-order valence-electron chi connectivity index (χ2n) is 4.59. The molecule has 3 nitrogen and oxygen atoms in total. The Labute approximate surface area is 118 Å². The molecule has 2 aromatic carbocycles. The number of rotatable bonds is 3. The maximum Gasteiger partial charge on any atom is 0.570 e. The summed E-state index contributed by atoms with van der Waals surface area (Å²) in [5.41, 5.74) is 2.98. The van der Waals surface area contributed by atoms with Crippen molar-refractivity contribution in [3.05, 3.63) is 60.3 Å². The predicted octanol–water partition coefficient (Wildman–Crippen LogP) is 3.12. The Kier molecular flexibility index (Phi) is 3.40. The number of nitrogens with zero attached hydrogens (tertiary/aromatic N) is 1. The van der Waals surface area contributed by atoms with E-state index in [0.717, 1.165) is 16.8 Å². The van der Waals surface area contributed by atoms with Crippen LogP contribution in [0, 0.1) is 6.92 Å². The number of benzene rings is 2. The van der Waals surface area contributed by atoms with Gasteiger partial charge in [-0.05, 0) is 34.9 Å². The van der Waals surface area contributed by atoms with Crippen LogP contribution < -0.4 is 4.65 Å². The largest absolute Gasteiger partial charge is 0.570 e. The number of aromatic nitrogens is 1. The molecule has 0 bridgehead atoms. The van der Waals surface area contributed by atoms with E-state index in [2.05, 4.69) is 29.2 Å². The summed E-state index contributed by atoms with van der Waals surface area (Å²) in [6.07, 6.45) is 0. The van der Waals surface area contributed by atoms with Gasteiger partial charge in [-0.1, -0.05) is 42.5 Å². The average Bonchev–Trinajstić information content (AvgIpc) is 2.46. The lowest BCUT2D eigenvalue weighted by Gasteiger charge is -2.09.